The smallest absolute Gasteiger partial charge is 0.243 e. The molecule has 108 valence electrons. The lowest BCUT2D eigenvalue weighted by molar-refractivity contribution is -0.137. The predicted molar refractivity (Wildman–Crippen MR) is 75.3 cm³/mol. The summed E-state index contributed by atoms with van der Waals surface area (Å²) in [5, 5.41) is 5.82. The van der Waals surface area contributed by atoms with E-state index < -0.39 is 0 Å². The second-order valence-corrected chi connectivity index (χ2v) is 4.69. The van der Waals surface area contributed by atoms with Crippen molar-refractivity contribution in [3.05, 3.63) is 30.3 Å². The molecule has 20 heavy (non-hydrogen) atoms. The first-order chi connectivity index (χ1) is 9.66. The van der Waals surface area contributed by atoms with Gasteiger partial charge in [-0.05, 0) is 12.1 Å². The molecule has 2 amide bonds. The van der Waals surface area contributed by atoms with Gasteiger partial charge in [0, 0.05) is 19.3 Å². The van der Waals surface area contributed by atoms with E-state index in [0.717, 1.165) is 5.69 Å². The van der Waals surface area contributed by atoms with Crippen LogP contribution in [0.2, 0.25) is 0 Å². The van der Waals surface area contributed by atoms with Crippen molar-refractivity contribution in [2.24, 2.45) is 0 Å². The lowest BCUT2D eigenvalue weighted by Crippen LogP contribution is -2.52. The molecular formula is C14H19N3O3. The summed E-state index contributed by atoms with van der Waals surface area (Å²) in [6.45, 7) is 1.64. The van der Waals surface area contributed by atoms with Gasteiger partial charge in [0.05, 0.1) is 19.8 Å². The molecule has 6 nitrogen and oxygen atoms in total. The molecule has 1 unspecified atom stereocenters. The number of rotatable bonds is 4. The number of benzene rings is 1. The molecule has 0 radical (unpaired) electrons. The van der Waals surface area contributed by atoms with Crippen LogP contribution in [-0.2, 0) is 14.3 Å². The minimum atomic E-state index is -0.363. The number of hydrogen-bond acceptors (Lipinski definition) is 4. The third kappa shape index (κ3) is 4.04. The summed E-state index contributed by atoms with van der Waals surface area (Å²) in [6, 6.07) is 8.80. The number of morpholine rings is 1. The first-order valence-corrected chi connectivity index (χ1v) is 6.58. The maximum absolute atomic E-state index is 12.1. The van der Waals surface area contributed by atoms with Crippen LogP contribution >= 0.6 is 0 Å². The Morgan fingerprint density at radius 3 is 2.80 bits per heavy atom. The van der Waals surface area contributed by atoms with E-state index in [1.807, 2.05) is 18.2 Å². The Kier molecular flexibility index (Phi) is 5.09. The van der Waals surface area contributed by atoms with E-state index in [1.165, 1.54) is 4.90 Å². The lowest BCUT2D eigenvalue weighted by atomic mass is 10.2. The summed E-state index contributed by atoms with van der Waals surface area (Å²) in [6.07, 6.45) is 0. The minimum absolute atomic E-state index is 0.0197. The Bertz CT molecular complexity index is 458. The maximum Gasteiger partial charge on any atom is 0.243 e. The highest BCUT2D eigenvalue weighted by Crippen LogP contribution is 2.05. The molecule has 1 aliphatic rings. The molecule has 1 atom stereocenters. The van der Waals surface area contributed by atoms with E-state index in [0.29, 0.717) is 19.8 Å². The Hall–Kier alpha value is -1.92. The Morgan fingerprint density at radius 1 is 1.40 bits per heavy atom. The van der Waals surface area contributed by atoms with Crippen LogP contribution in [0.1, 0.15) is 0 Å². The van der Waals surface area contributed by atoms with E-state index in [1.54, 1.807) is 19.2 Å². The third-order valence-electron chi connectivity index (χ3n) is 3.03. The summed E-state index contributed by atoms with van der Waals surface area (Å²) in [7, 11) is 1.61. The minimum Gasteiger partial charge on any atom is -0.378 e. The molecule has 1 heterocycles. The molecule has 6 heteroatoms. The van der Waals surface area contributed by atoms with Crippen molar-refractivity contribution < 1.29 is 14.3 Å². The molecule has 1 saturated heterocycles. The topological polar surface area (TPSA) is 70.7 Å². The summed E-state index contributed by atoms with van der Waals surface area (Å²) in [5.41, 5.74) is 0.720. The molecule has 1 aromatic rings. The quantitative estimate of drug-likeness (QED) is 0.817. The second kappa shape index (κ2) is 7.02. The fraction of sp³-hybridized carbons (Fsp3) is 0.429. The number of para-hydroxylation sites is 1. The zero-order valence-electron chi connectivity index (χ0n) is 11.5. The van der Waals surface area contributed by atoms with Crippen LogP contribution in [0.4, 0.5) is 5.69 Å². The van der Waals surface area contributed by atoms with E-state index >= 15 is 0 Å². The van der Waals surface area contributed by atoms with E-state index in [-0.39, 0.29) is 24.4 Å². The molecule has 1 fully saturated rings. The fourth-order valence-corrected chi connectivity index (χ4v) is 2.01. The Balaban J connectivity index is 1.82. The highest BCUT2D eigenvalue weighted by Gasteiger charge is 2.25. The van der Waals surface area contributed by atoms with E-state index in [9.17, 15) is 9.59 Å². The average Bonchev–Trinajstić information content (AvgIpc) is 2.48. The van der Waals surface area contributed by atoms with Crippen LogP contribution < -0.4 is 10.6 Å². The van der Waals surface area contributed by atoms with Crippen LogP contribution in [0, 0.1) is 0 Å². The van der Waals surface area contributed by atoms with Gasteiger partial charge >= 0.3 is 0 Å². The zero-order chi connectivity index (χ0) is 14.4. The summed E-state index contributed by atoms with van der Waals surface area (Å²) in [5.74, 6) is -0.350. The molecule has 1 aliphatic heterocycles. The number of nitrogens with one attached hydrogen (secondary N) is 2. The zero-order valence-corrected chi connectivity index (χ0v) is 11.5. The van der Waals surface area contributed by atoms with Crippen molar-refractivity contribution in [3.63, 3.8) is 0 Å². The van der Waals surface area contributed by atoms with Crippen LogP contribution in [0.3, 0.4) is 0 Å². The van der Waals surface area contributed by atoms with Gasteiger partial charge < -0.3 is 20.3 Å². The molecule has 0 spiro atoms. The van der Waals surface area contributed by atoms with Gasteiger partial charge in [0.1, 0.15) is 6.04 Å². The molecular weight excluding hydrogens is 258 g/mol. The first-order valence-electron chi connectivity index (χ1n) is 6.58. The normalized spacial score (nSPS) is 18.4. The number of nitrogens with zero attached hydrogens (tertiary/aromatic N) is 1. The van der Waals surface area contributed by atoms with Crippen molar-refractivity contribution >= 4 is 17.5 Å². The SMILES string of the molecule is CN(CC(=O)Nc1ccccc1)C(=O)C1COCCN1. The molecule has 0 aliphatic carbocycles. The number of likely N-dealkylation sites (N-methyl/N-ethyl adjacent to an activating group) is 1. The average molecular weight is 277 g/mol. The lowest BCUT2D eigenvalue weighted by Gasteiger charge is -2.27. The van der Waals surface area contributed by atoms with Crippen molar-refractivity contribution in [2.45, 2.75) is 6.04 Å². The fourth-order valence-electron chi connectivity index (χ4n) is 2.01. The number of carbonyl (C=O) groups is 2. The predicted octanol–water partition coefficient (Wildman–Crippen LogP) is 0.0719. The second-order valence-electron chi connectivity index (χ2n) is 4.69. The first kappa shape index (κ1) is 14.5. The molecule has 2 rings (SSSR count). The van der Waals surface area contributed by atoms with Gasteiger partial charge in [0.25, 0.3) is 0 Å². The van der Waals surface area contributed by atoms with E-state index in [2.05, 4.69) is 10.6 Å². The Morgan fingerprint density at radius 2 is 2.15 bits per heavy atom. The van der Waals surface area contributed by atoms with Crippen LogP contribution in [-0.4, -0.2) is 56.1 Å². The van der Waals surface area contributed by atoms with Crippen LogP contribution in [0.5, 0.6) is 0 Å². The highest BCUT2D eigenvalue weighted by molar-refractivity contribution is 5.95. The molecule has 0 aromatic heterocycles. The number of amides is 2. The van der Waals surface area contributed by atoms with Crippen LogP contribution in [0.25, 0.3) is 0 Å². The monoisotopic (exact) mass is 277 g/mol. The number of hydrogen-bond donors (Lipinski definition) is 2. The standard InChI is InChI=1S/C14H19N3O3/c1-17(14(19)12-10-20-8-7-15-12)9-13(18)16-11-5-3-2-4-6-11/h2-6,12,15H,7-10H2,1H3,(H,16,18). The molecule has 1 aromatic carbocycles. The number of ether oxygens (including phenoxy) is 1. The third-order valence-corrected chi connectivity index (χ3v) is 3.03. The van der Waals surface area contributed by atoms with Crippen molar-refractivity contribution in [3.8, 4) is 0 Å². The largest absolute Gasteiger partial charge is 0.378 e. The van der Waals surface area contributed by atoms with Gasteiger partial charge in [-0.25, -0.2) is 0 Å². The molecule has 0 saturated carbocycles. The summed E-state index contributed by atoms with van der Waals surface area (Å²) >= 11 is 0. The van der Waals surface area contributed by atoms with Gasteiger partial charge in [0.15, 0.2) is 0 Å². The van der Waals surface area contributed by atoms with Gasteiger partial charge in [0.2, 0.25) is 11.8 Å². The maximum atomic E-state index is 12.1. The summed E-state index contributed by atoms with van der Waals surface area (Å²) < 4.78 is 5.24. The summed E-state index contributed by atoms with van der Waals surface area (Å²) in [4.78, 5) is 25.4. The molecule has 0 bridgehead atoms. The molecule has 2 N–H and O–H groups in total. The van der Waals surface area contributed by atoms with Crippen molar-refractivity contribution in [1.82, 2.24) is 10.2 Å². The Labute approximate surface area is 118 Å². The van der Waals surface area contributed by atoms with Crippen molar-refractivity contribution in [2.75, 3.05) is 38.7 Å². The van der Waals surface area contributed by atoms with Crippen LogP contribution in [0.15, 0.2) is 30.3 Å². The van der Waals surface area contributed by atoms with Gasteiger partial charge in [-0.2, -0.15) is 0 Å². The van der Waals surface area contributed by atoms with Gasteiger partial charge in [-0.1, -0.05) is 18.2 Å². The number of carbonyl (C=O) groups excluding carboxylic acids is 2. The number of anilines is 1. The van der Waals surface area contributed by atoms with Crippen molar-refractivity contribution in [1.29, 1.82) is 0 Å². The van der Waals surface area contributed by atoms with Gasteiger partial charge in [-0.15, -0.1) is 0 Å². The highest BCUT2D eigenvalue weighted by atomic mass is 16.5. The van der Waals surface area contributed by atoms with E-state index in [4.69, 9.17) is 4.74 Å². The van der Waals surface area contributed by atoms with Gasteiger partial charge in [-0.3, -0.25) is 9.59 Å².